The SMILES string of the molecule is O=C1NCCc2c1cc(-c1ccnc(/C(F)=C(/F)c3ccccc3)c1)n2OC(=O)C(F)(F)F. The molecular formula is C22H14F5N3O3. The fourth-order valence-electron chi connectivity index (χ4n) is 3.33. The molecule has 0 radical (unpaired) electrons. The highest BCUT2D eigenvalue weighted by atomic mass is 19.4. The van der Waals surface area contributed by atoms with Crippen molar-refractivity contribution in [3.05, 3.63) is 77.2 Å². The van der Waals surface area contributed by atoms with E-state index >= 15 is 0 Å². The molecule has 0 atom stereocenters. The van der Waals surface area contributed by atoms with E-state index in [9.17, 15) is 31.5 Å². The van der Waals surface area contributed by atoms with Gasteiger partial charge in [0.25, 0.3) is 5.91 Å². The molecule has 0 aliphatic carbocycles. The molecule has 0 saturated carbocycles. The molecule has 0 saturated heterocycles. The van der Waals surface area contributed by atoms with Gasteiger partial charge in [-0.1, -0.05) is 30.3 Å². The number of hydrogen-bond donors (Lipinski definition) is 1. The summed E-state index contributed by atoms with van der Waals surface area (Å²) in [6.07, 6.45) is -4.09. The zero-order valence-electron chi connectivity index (χ0n) is 16.6. The van der Waals surface area contributed by atoms with E-state index in [1.54, 1.807) is 6.07 Å². The fourth-order valence-corrected chi connectivity index (χ4v) is 3.33. The number of rotatable bonds is 4. The number of amides is 1. The summed E-state index contributed by atoms with van der Waals surface area (Å²) < 4.78 is 68.5. The Morgan fingerprint density at radius 1 is 1.06 bits per heavy atom. The van der Waals surface area contributed by atoms with Crippen molar-refractivity contribution in [1.82, 2.24) is 15.0 Å². The first-order chi connectivity index (χ1) is 15.7. The van der Waals surface area contributed by atoms with E-state index in [0.717, 1.165) is 12.3 Å². The third kappa shape index (κ3) is 4.34. The quantitative estimate of drug-likeness (QED) is 0.591. The highest BCUT2D eigenvalue weighted by Crippen LogP contribution is 2.32. The first kappa shape index (κ1) is 22.2. The molecule has 1 aromatic carbocycles. The molecule has 170 valence electrons. The molecule has 1 aliphatic heterocycles. The minimum Gasteiger partial charge on any atom is -0.352 e. The Morgan fingerprint density at radius 3 is 2.48 bits per heavy atom. The van der Waals surface area contributed by atoms with Crippen molar-refractivity contribution in [2.45, 2.75) is 12.6 Å². The molecule has 33 heavy (non-hydrogen) atoms. The molecule has 3 aromatic rings. The van der Waals surface area contributed by atoms with Gasteiger partial charge in [0.1, 0.15) is 5.69 Å². The molecular weight excluding hydrogens is 449 g/mol. The number of alkyl halides is 3. The zero-order chi connectivity index (χ0) is 23.8. The fraction of sp³-hybridized carbons (Fsp3) is 0.136. The minimum absolute atomic E-state index is 0.00364. The van der Waals surface area contributed by atoms with Crippen LogP contribution in [0.15, 0.2) is 54.7 Å². The van der Waals surface area contributed by atoms with Gasteiger partial charge >= 0.3 is 12.1 Å². The van der Waals surface area contributed by atoms with Crippen LogP contribution in [0.3, 0.4) is 0 Å². The van der Waals surface area contributed by atoms with E-state index in [4.69, 9.17) is 0 Å². The first-order valence-corrected chi connectivity index (χ1v) is 9.56. The normalized spacial score (nSPS) is 14.3. The van der Waals surface area contributed by atoms with Crippen molar-refractivity contribution in [3.8, 4) is 11.3 Å². The van der Waals surface area contributed by atoms with Gasteiger partial charge in [-0.2, -0.15) is 17.9 Å². The number of fused-ring (bicyclic) bond motifs is 1. The Labute approximate surface area is 183 Å². The Kier molecular flexibility index (Phi) is 5.71. The molecule has 1 aliphatic rings. The van der Waals surface area contributed by atoms with Gasteiger partial charge in [0.05, 0.1) is 17.0 Å². The summed E-state index contributed by atoms with van der Waals surface area (Å²) in [4.78, 5) is 32.0. The van der Waals surface area contributed by atoms with Crippen molar-refractivity contribution in [2.24, 2.45) is 0 Å². The van der Waals surface area contributed by atoms with Gasteiger partial charge < -0.3 is 10.2 Å². The van der Waals surface area contributed by atoms with E-state index in [0.29, 0.717) is 4.73 Å². The number of pyridine rings is 1. The van der Waals surface area contributed by atoms with Crippen LogP contribution in [0.1, 0.15) is 27.3 Å². The molecule has 3 heterocycles. The lowest BCUT2D eigenvalue weighted by Gasteiger charge is -2.17. The van der Waals surface area contributed by atoms with Crippen molar-refractivity contribution < 1.29 is 36.4 Å². The van der Waals surface area contributed by atoms with Gasteiger partial charge in [-0.15, -0.1) is 0 Å². The lowest BCUT2D eigenvalue weighted by molar-refractivity contribution is -0.199. The molecule has 0 unspecified atom stereocenters. The zero-order valence-corrected chi connectivity index (χ0v) is 16.6. The van der Waals surface area contributed by atoms with Crippen LogP contribution < -0.4 is 10.2 Å². The molecule has 0 bridgehead atoms. The summed E-state index contributed by atoms with van der Waals surface area (Å²) in [6, 6.07) is 11.0. The number of benzene rings is 1. The number of aromatic nitrogens is 2. The number of carbonyl (C=O) groups is 2. The molecule has 6 nitrogen and oxygen atoms in total. The van der Waals surface area contributed by atoms with Gasteiger partial charge in [0.2, 0.25) is 0 Å². The predicted octanol–water partition coefficient (Wildman–Crippen LogP) is 4.12. The molecule has 1 N–H and O–H groups in total. The summed E-state index contributed by atoms with van der Waals surface area (Å²) in [5, 5.41) is 2.53. The smallest absolute Gasteiger partial charge is 0.352 e. The Hall–Kier alpha value is -4.02. The highest BCUT2D eigenvalue weighted by molar-refractivity contribution is 5.98. The van der Waals surface area contributed by atoms with Gasteiger partial charge in [0.15, 0.2) is 11.7 Å². The van der Waals surface area contributed by atoms with Crippen LogP contribution in [0.25, 0.3) is 22.9 Å². The van der Waals surface area contributed by atoms with Gasteiger partial charge in [0, 0.05) is 30.3 Å². The van der Waals surface area contributed by atoms with Crippen molar-refractivity contribution >= 4 is 23.5 Å². The van der Waals surface area contributed by atoms with Crippen LogP contribution in [-0.4, -0.2) is 34.3 Å². The second kappa shape index (κ2) is 8.49. The van der Waals surface area contributed by atoms with Gasteiger partial charge in [-0.25, -0.2) is 13.6 Å². The molecule has 1 amide bonds. The molecule has 11 heteroatoms. The average molecular weight is 463 g/mol. The van der Waals surface area contributed by atoms with E-state index in [2.05, 4.69) is 15.1 Å². The topological polar surface area (TPSA) is 73.2 Å². The summed E-state index contributed by atoms with van der Waals surface area (Å²) in [6.45, 7) is 0.111. The monoisotopic (exact) mass is 463 g/mol. The van der Waals surface area contributed by atoms with Crippen LogP contribution in [0.5, 0.6) is 0 Å². The third-order valence-corrected chi connectivity index (χ3v) is 4.85. The molecule has 4 rings (SSSR count). The largest absolute Gasteiger partial charge is 0.493 e. The predicted molar refractivity (Wildman–Crippen MR) is 107 cm³/mol. The summed E-state index contributed by atoms with van der Waals surface area (Å²) in [5.74, 6) is -5.55. The van der Waals surface area contributed by atoms with Crippen LogP contribution in [0.2, 0.25) is 0 Å². The summed E-state index contributed by atoms with van der Waals surface area (Å²) >= 11 is 0. The Balaban J connectivity index is 1.81. The number of nitrogens with zero attached hydrogens (tertiary/aromatic N) is 2. The number of carbonyl (C=O) groups excluding carboxylic acids is 2. The van der Waals surface area contributed by atoms with E-state index in [-0.39, 0.29) is 41.0 Å². The Morgan fingerprint density at radius 2 is 1.79 bits per heavy atom. The average Bonchev–Trinajstić information content (AvgIpc) is 3.18. The van der Waals surface area contributed by atoms with Crippen molar-refractivity contribution in [2.75, 3.05) is 6.54 Å². The van der Waals surface area contributed by atoms with Gasteiger partial charge in [-0.3, -0.25) is 9.78 Å². The maximum Gasteiger partial charge on any atom is 0.493 e. The van der Waals surface area contributed by atoms with E-state index in [1.807, 2.05) is 0 Å². The molecule has 2 aromatic heterocycles. The summed E-state index contributed by atoms with van der Waals surface area (Å²) in [7, 11) is 0. The van der Waals surface area contributed by atoms with Crippen molar-refractivity contribution in [1.29, 1.82) is 0 Å². The first-order valence-electron chi connectivity index (χ1n) is 9.56. The van der Waals surface area contributed by atoms with E-state index < -0.39 is 35.4 Å². The Bertz CT molecular complexity index is 1270. The maximum atomic E-state index is 14.8. The number of nitrogens with one attached hydrogen (secondary N) is 1. The second-order valence-electron chi connectivity index (χ2n) is 6.99. The number of hydrogen-bond acceptors (Lipinski definition) is 4. The van der Waals surface area contributed by atoms with Crippen LogP contribution in [-0.2, 0) is 11.2 Å². The second-order valence-corrected chi connectivity index (χ2v) is 6.99. The minimum atomic E-state index is -5.29. The van der Waals surface area contributed by atoms with Crippen molar-refractivity contribution in [3.63, 3.8) is 0 Å². The highest BCUT2D eigenvalue weighted by Gasteiger charge is 2.43. The molecule has 0 spiro atoms. The van der Waals surface area contributed by atoms with E-state index in [1.165, 1.54) is 36.4 Å². The summed E-state index contributed by atoms with van der Waals surface area (Å²) in [5.41, 5.74) is -0.519. The van der Waals surface area contributed by atoms with Crippen LogP contribution >= 0.6 is 0 Å². The lowest BCUT2D eigenvalue weighted by Crippen LogP contribution is -2.37. The van der Waals surface area contributed by atoms with Crippen LogP contribution in [0, 0.1) is 0 Å². The van der Waals surface area contributed by atoms with Gasteiger partial charge in [-0.05, 0) is 18.2 Å². The molecule has 0 fully saturated rings. The van der Waals surface area contributed by atoms with Crippen LogP contribution in [0.4, 0.5) is 22.0 Å². The third-order valence-electron chi connectivity index (χ3n) is 4.85. The maximum absolute atomic E-state index is 14.8. The lowest BCUT2D eigenvalue weighted by atomic mass is 10.1. The standard InChI is InChI=1S/C22H14F5N3O3/c23-18(12-4-2-1-3-5-12)19(24)15-10-13(6-8-28-15)17-11-14-16(7-9-29-20(14)31)30(17)33-21(32)22(25,26)27/h1-6,8,10-11H,7,9H2,(H,29,31)/b19-18-. The number of halogens is 5.